The molecule has 3 atom stereocenters. The molecule has 18 heavy (non-hydrogen) atoms. The van der Waals surface area contributed by atoms with E-state index in [2.05, 4.69) is 19.1 Å². The third-order valence-electron chi connectivity index (χ3n) is 4.73. The van der Waals surface area contributed by atoms with Crippen LogP contribution in [0.15, 0.2) is 12.2 Å². The minimum absolute atomic E-state index is 0.468. The lowest BCUT2D eigenvalue weighted by Gasteiger charge is -2.17. The minimum Gasteiger partial charge on any atom is -0.300 e. The molecule has 0 aromatic rings. The Kier molecular flexibility index (Phi) is 5.46. The molecule has 2 bridgehead atoms. The van der Waals surface area contributed by atoms with Gasteiger partial charge in [0.05, 0.1) is 0 Å². The second kappa shape index (κ2) is 7.11. The lowest BCUT2D eigenvalue weighted by Crippen LogP contribution is -2.06. The lowest BCUT2D eigenvalue weighted by molar-refractivity contribution is -0.119. The van der Waals surface area contributed by atoms with E-state index in [9.17, 15) is 4.79 Å². The van der Waals surface area contributed by atoms with Crippen molar-refractivity contribution in [2.45, 2.75) is 71.1 Å². The van der Waals surface area contributed by atoms with Gasteiger partial charge in [0.15, 0.2) is 0 Å². The van der Waals surface area contributed by atoms with Gasteiger partial charge < -0.3 is 0 Å². The maximum Gasteiger partial charge on any atom is 0.132 e. The van der Waals surface area contributed by atoms with E-state index in [0.29, 0.717) is 5.78 Å². The number of Topliss-reactive ketones (excluding diaryl/α,β-unsaturated/α-hetero) is 1. The van der Waals surface area contributed by atoms with Crippen LogP contribution in [0.1, 0.15) is 71.1 Å². The maximum absolute atomic E-state index is 11.4. The predicted molar refractivity (Wildman–Crippen MR) is 76.5 cm³/mol. The highest BCUT2D eigenvalue weighted by Crippen LogP contribution is 2.45. The molecule has 102 valence electrons. The average Bonchev–Trinajstić information content (AvgIpc) is 2.96. The van der Waals surface area contributed by atoms with Gasteiger partial charge in [0.2, 0.25) is 0 Å². The van der Waals surface area contributed by atoms with Crippen LogP contribution >= 0.6 is 0 Å². The molecule has 1 heteroatoms. The van der Waals surface area contributed by atoms with Crippen molar-refractivity contribution in [3.63, 3.8) is 0 Å². The molecule has 0 saturated heterocycles. The summed E-state index contributed by atoms with van der Waals surface area (Å²) in [7, 11) is 0. The van der Waals surface area contributed by atoms with E-state index in [4.69, 9.17) is 0 Å². The van der Waals surface area contributed by atoms with Crippen LogP contribution in [0.25, 0.3) is 0 Å². The van der Waals surface area contributed by atoms with Crippen molar-refractivity contribution in [2.24, 2.45) is 17.8 Å². The van der Waals surface area contributed by atoms with E-state index < -0.39 is 0 Å². The van der Waals surface area contributed by atoms with Crippen molar-refractivity contribution in [1.82, 2.24) is 0 Å². The Bertz CT molecular complexity index is 292. The molecule has 0 spiro atoms. The quantitative estimate of drug-likeness (QED) is 0.418. The molecule has 0 radical (unpaired) electrons. The normalized spacial score (nSPS) is 29.1. The first-order valence-electron chi connectivity index (χ1n) is 7.99. The molecule has 0 N–H and O–H groups in total. The first-order chi connectivity index (χ1) is 8.79. The molecule has 1 nitrogen and oxygen atoms in total. The van der Waals surface area contributed by atoms with Gasteiger partial charge in [0, 0.05) is 12.8 Å². The molecule has 1 fully saturated rings. The second-order valence-electron chi connectivity index (χ2n) is 6.28. The van der Waals surface area contributed by atoms with Crippen molar-refractivity contribution in [3.05, 3.63) is 12.2 Å². The Morgan fingerprint density at radius 1 is 1.06 bits per heavy atom. The van der Waals surface area contributed by atoms with Crippen LogP contribution in [-0.4, -0.2) is 5.78 Å². The molecule has 2 aliphatic rings. The Hall–Kier alpha value is -0.590. The zero-order valence-corrected chi connectivity index (χ0v) is 11.9. The van der Waals surface area contributed by atoms with E-state index in [-0.39, 0.29) is 0 Å². The van der Waals surface area contributed by atoms with E-state index in [1.54, 1.807) is 0 Å². The molecular weight excluding hydrogens is 220 g/mol. The average molecular weight is 248 g/mol. The Balaban J connectivity index is 1.45. The number of hydrogen-bond acceptors (Lipinski definition) is 1. The highest BCUT2D eigenvalue weighted by molar-refractivity contribution is 5.78. The van der Waals surface area contributed by atoms with Crippen LogP contribution in [0, 0.1) is 17.8 Å². The zero-order valence-electron chi connectivity index (χ0n) is 11.9. The summed E-state index contributed by atoms with van der Waals surface area (Å²) >= 11 is 0. The van der Waals surface area contributed by atoms with E-state index in [1.807, 2.05) is 0 Å². The molecule has 1 saturated carbocycles. The van der Waals surface area contributed by atoms with Crippen LogP contribution in [0.5, 0.6) is 0 Å². The fourth-order valence-corrected chi connectivity index (χ4v) is 3.71. The van der Waals surface area contributed by atoms with E-state index >= 15 is 0 Å². The monoisotopic (exact) mass is 248 g/mol. The zero-order chi connectivity index (χ0) is 12.8. The predicted octanol–water partition coefficient (Wildman–Crippen LogP) is 4.91. The highest BCUT2D eigenvalue weighted by Gasteiger charge is 2.34. The maximum atomic E-state index is 11.4. The van der Waals surface area contributed by atoms with Crippen LogP contribution in [0.4, 0.5) is 0 Å². The molecule has 0 amide bonds. The summed E-state index contributed by atoms with van der Waals surface area (Å²) in [6.07, 6.45) is 16.9. The number of unbranched alkanes of at least 4 members (excludes halogenated alkanes) is 3. The Labute approximate surface area is 112 Å². The topological polar surface area (TPSA) is 17.1 Å². The Morgan fingerprint density at radius 3 is 2.56 bits per heavy atom. The highest BCUT2D eigenvalue weighted by atomic mass is 16.1. The molecule has 2 aliphatic carbocycles. The lowest BCUT2D eigenvalue weighted by atomic mass is 9.88. The summed E-state index contributed by atoms with van der Waals surface area (Å²) < 4.78 is 0. The second-order valence-corrected chi connectivity index (χ2v) is 6.28. The number of rotatable bonds is 9. The molecule has 0 aromatic heterocycles. The van der Waals surface area contributed by atoms with E-state index in [0.717, 1.165) is 43.4 Å². The third kappa shape index (κ3) is 3.96. The summed E-state index contributed by atoms with van der Waals surface area (Å²) in [5.74, 6) is 3.30. The first-order valence-corrected chi connectivity index (χ1v) is 7.99. The molecule has 0 aliphatic heterocycles. The molecule has 3 unspecified atom stereocenters. The van der Waals surface area contributed by atoms with Crippen LogP contribution < -0.4 is 0 Å². The van der Waals surface area contributed by atoms with Crippen molar-refractivity contribution in [2.75, 3.05) is 0 Å². The largest absolute Gasteiger partial charge is 0.300 e. The number of carbonyl (C=O) groups excluding carboxylic acids is 1. The van der Waals surface area contributed by atoms with Gasteiger partial charge in [-0.3, -0.25) is 4.79 Å². The van der Waals surface area contributed by atoms with Gasteiger partial charge in [-0.05, 0) is 49.9 Å². The van der Waals surface area contributed by atoms with Gasteiger partial charge in [0.1, 0.15) is 5.78 Å². The molecule has 0 aromatic carbocycles. The number of carbonyl (C=O) groups is 1. The van der Waals surface area contributed by atoms with Gasteiger partial charge >= 0.3 is 0 Å². The van der Waals surface area contributed by atoms with Crippen molar-refractivity contribution >= 4 is 5.78 Å². The van der Waals surface area contributed by atoms with Gasteiger partial charge in [-0.2, -0.15) is 0 Å². The summed E-state index contributed by atoms with van der Waals surface area (Å²) in [4.78, 5) is 11.4. The van der Waals surface area contributed by atoms with E-state index in [1.165, 1.54) is 38.5 Å². The SMILES string of the molecule is CCCC(=O)CCCCCCC1CC2C=CC1C2. The van der Waals surface area contributed by atoms with Gasteiger partial charge in [-0.15, -0.1) is 0 Å². The van der Waals surface area contributed by atoms with Gasteiger partial charge in [0.25, 0.3) is 0 Å². The summed E-state index contributed by atoms with van der Waals surface area (Å²) in [6.45, 7) is 2.08. The summed E-state index contributed by atoms with van der Waals surface area (Å²) in [5.41, 5.74) is 0. The fourth-order valence-electron chi connectivity index (χ4n) is 3.71. The standard InChI is InChI=1S/C17H28O/c1-2-7-17(18)9-6-4-3-5-8-15-12-14-10-11-16(15)13-14/h10-11,14-16H,2-9,12-13H2,1H3. The van der Waals surface area contributed by atoms with Gasteiger partial charge in [-0.25, -0.2) is 0 Å². The van der Waals surface area contributed by atoms with Crippen LogP contribution in [0.3, 0.4) is 0 Å². The number of hydrogen-bond donors (Lipinski definition) is 0. The van der Waals surface area contributed by atoms with Crippen molar-refractivity contribution < 1.29 is 4.79 Å². The minimum atomic E-state index is 0.468. The number of fused-ring (bicyclic) bond motifs is 2. The smallest absolute Gasteiger partial charge is 0.132 e. The summed E-state index contributed by atoms with van der Waals surface area (Å²) in [5, 5.41) is 0. The number of ketones is 1. The van der Waals surface area contributed by atoms with Crippen LogP contribution in [-0.2, 0) is 4.79 Å². The van der Waals surface area contributed by atoms with Gasteiger partial charge in [-0.1, -0.05) is 38.3 Å². The van der Waals surface area contributed by atoms with Crippen LogP contribution in [0.2, 0.25) is 0 Å². The summed E-state index contributed by atoms with van der Waals surface area (Å²) in [6, 6.07) is 0. The fraction of sp³-hybridized carbons (Fsp3) is 0.824. The first kappa shape index (κ1) is 13.8. The Morgan fingerprint density at radius 2 is 1.89 bits per heavy atom. The number of allylic oxidation sites excluding steroid dienone is 2. The molecule has 0 heterocycles. The molecular formula is C17H28O. The molecule has 2 rings (SSSR count). The van der Waals surface area contributed by atoms with Crippen molar-refractivity contribution in [3.8, 4) is 0 Å². The third-order valence-corrected chi connectivity index (χ3v) is 4.73. The van der Waals surface area contributed by atoms with Crippen molar-refractivity contribution in [1.29, 1.82) is 0 Å².